The molecule has 1 N–H and O–H groups in total. The van der Waals surface area contributed by atoms with E-state index in [2.05, 4.69) is 20.8 Å². The number of amides is 1. The molecule has 0 aliphatic carbocycles. The molecule has 0 aliphatic rings. The number of aromatic nitrogens is 4. The first kappa shape index (κ1) is 16.0. The van der Waals surface area contributed by atoms with Crippen molar-refractivity contribution in [3.63, 3.8) is 0 Å². The van der Waals surface area contributed by atoms with Crippen LogP contribution in [0.25, 0.3) is 5.69 Å². The van der Waals surface area contributed by atoms with Crippen molar-refractivity contribution in [2.45, 2.75) is 6.54 Å². The van der Waals surface area contributed by atoms with Gasteiger partial charge in [0.25, 0.3) is 5.91 Å². The van der Waals surface area contributed by atoms with Gasteiger partial charge in [-0.25, -0.2) is 13.5 Å². The minimum atomic E-state index is -0.726. The number of nitrogens with zero attached hydrogens (tertiary/aromatic N) is 4. The molecule has 6 nitrogen and oxygen atoms in total. The molecule has 24 heavy (non-hydrogen) atoms. The van der Waals surface area contributed by atoms with Gasteiger partial charge in [0.1, 0.15) is 18.0 Å². The predicted molar refractivity (Wildman–Crippen MR) is 81.7 cm³/mol. The van der Waals surface area contributed by atoms with E-state index in [1.165, 1.54) is 29.2 Å². The normalized spacial score (nSPS) is 10.6. The molecule has 3 rings (SSSR count). The number of nitrogens with one attached hydrogen (secondary N) is 1. The number of halogens is 3. The van der Waals surface area contributed by atoms with E-state index in [0.29, 0.717) is 5.69 Å². The maximum absolute atomic E-state index is 13.6. The first-order valence-electron chi connectivity index (χ1n) is 6.79. The fraction of sp³-hybridized carbons (Fsp3) is 0.0667. The number of hydrogen-bond donors (Lipinski definition) is 1. The summed E-state index contributed by atoms with van der Waals surface area (Å²) in [6.45, 7) is -0.0873. The molecule has 0 spiro atoms. The maximum atomic E-state index is 13.6. The number of benzene rings is 2. The van der Waals surface area contributed by atoms with Gasteiger partial charge in [0, 0.05) is 18.2 Å². The second-order valence-corrected chi connectivity index (χ2v) is 5.24. The van der Waals surface area contributed by atoms with E-state index in [-0.39, 0.29) is 22.7 Å². The van der Waals surface area contributed by atoms with Gasteiger partial charge in [0.15, 0.2) is 0 Å². The highest BCUT2D eigenvalue weighted by Crippen LogP contribution is 2.20. The van der Waals surface area contributed by atoms with Crippen molar-refractivity contribution in [1.29, 1.82) is 0 Å². The Labute approximate surface area is 140 Å². The molecule has 0 unspecified atom stereocenters. The molecule has 1 aromatic heterocycles. The molecular formula is C15H10ClF2N5O. The van der Waals surface area contributed by atoms with Gasteiger partial charge in [-0.15, -0.1) is 5.10 Å². The Bertz CT molecular complexity index is 886. The zero-order chi connectivity index (χ0) is 17.1. The first-order valence-corrected chi connectivity index (χ1v) is 7.17. The van der Waals surface area contributed by atoms with Crippen LogP contribution in [0.3, 0.4) is 0 Å². The lowest BCUT2D eigenvalue weighted by molar-refractivity contribution is 0.0951. The lowest BCUT2D eigenvalue weighted by Crippen LogP contribution is -2.23. The molecule has 0 radical (unpaired) electrons. The first-order chi connectivity index (χ1) is 11.5. The predicted octanol–water partition coefficient (Wildman–Crippen LogP) is 2.52. The van der Waals surface area contributed by atoms with Gasteiger partial charge in [-0.05, 0) is 34.7 Å². The van der Waals surface area contributed by atoms with Gasteiger partial charge in [0.2, 0.25) is 0 Å². The highest BCUT2D eigenvalue weighted by molar-refractivity contribution is 6.34. The Morgan fingerprint density at radius 1 is 1.21 bits per heavy atom. The summed E-state index contributed by atoms with van der Waals surface area (Å²) in [5.41, 5.74) is 0.980. The molecule has 0 bridgehead atoms. The Morgan fingerprint density at radius 2 is 2.04 bits per heavy atom. The minimum absolute atomic E-state index is 0.0873. The fourth-order valence-electron chi connectivity index (χ4n) is 2.05. The summed E-state index contributed by atoms with van der Waals surface area (Å²) in [5, 5.41) is 13.5. The Hall–Kier alpha value is -2.87. The van der Waals surface area contributed by atoms with Crippen LogP contribution >= 0.6 is 11.6 Å². The topological polar surface area (TPSA) is 72.7 Å². The van der Waals surface area contributed by atoms with Crippen LogP contribution in [0.4, 0.5) is 8.78 Å². The van der Waals surface area contributed by atoms with Crippen LogP contribution in [-0.2, 0) is 6.54 Å². The molecule has 0 fully saturated rings. The van der Waals surface area contributed by atoms with Crippen LogP contribution in [0.2, 0.25) is 5.02 Å². The van der Waals surface area contributed by atoms with Crippen molar-refractivity contribution in [3.8, 4) is 5.69 Å². The van der Waals surface area contributed by atoms with Crippen LogP contribution in [-0.4, -0.2) is 26.1 Å². The van der Waals surface area contributed by atoms with E-state index in [9.17, 15) is 13.6 Å². The van der Waals surface area contributed by atoms with Crippen LogP contribution in [0.15, 0.2) is 42.7 Å². The number of rotatable bonds is 4. The average molecular weight is 350 g/mol. The Morgan fingerprint density at radius 3 is 2.71 bits per heavy atom. The average Bonchev–Trinajstić information content (AvgIpc) is 3.08. The second kappa shape index (κ2) is 6.71. The molecule has 0 atom stereocenters. The molecule has 1 amide bonds. The maximum Gasteiger partial charge on any atom is 0.253 e. The van der Waals surface area contributed by atoms with E-state index < -0.39 is 17.5 Å². The quantitative estimate of drug-likeness (QED) is 0.785. The van der Waals surface area contributed by atoms with Gasteiger partial charge < -0.3 is 5.32 Å². The number of hydrogen-bond acceptors (Lipinski definition) is 4. The largest absolute Gasteiger partial charge is 0.348 e. The highest BCUT2D eigenvalue weighted by Gasteiger charge is 2.13. The van der Waals surface area contributed by atoms with E-state index >= 15 is 0 Å². The lowest BCUT2D eigenvalue weighted by atomic mass is 10.1. The van der Waals surface area contributed by atoms with Crippen LogP contribution in [0, 0.1) is 11.6 Å². The fourth-order valence-corrected chi connectivity index (χ4v) is 2.31. The highest BCUT2D eigenvalue weighted by atomic mass is 35.5. The zero-order valence-corrected chi connectivity index (χ0v) is 12.8. The lowest BCUT2D eigenvalue weighted by Gasteiger charge is -2.09. The van der Waals surface area contributed by atoms with Crippen molar-refractivity contribution in [3.05, 3.63) is 70.5 Å². The summed E-state index contributed by atoms with van der Waals surface area (Å²) in [6.07, 6.45) is 1.39. The monoisotopic (exact) mass is 349 g/mol. The van der Waals surface area contributed by atoms with Gasteiger partial charge in [0.05, 0.1) is 16.3 Å². The van der Waals surface area contributed by atoms with Crippen molar-refractivity contribution < 1.29 is 13.6 Å². The van der Waals surface area contributed by atoms with Crippen LogP contribution < -0.4 is 5.32 Å². The summed E-state index contributed by atoms with van der Waals surface area (Å²) >= 11 is 6.11. The van der Waals surface area contributed by atoms with E-state index in [1.54, 1.807) is 6.07 Å². The van der Waals surface area contributed by atoms with Gasteiger partial charge in [-0.2, -0.15) is 0 Å². The molecule has 9 heteroatoms. The van der Waals surface area contributed by atoms with Crippen LogP contribution in [0.1, 0.15) is 15.9 Å². The van der Waals surface area contributed by atoms with E-state index in [4.69, 9.17) is 11.6 Å². The Balaban J connectivity index is 1.73. The standard InChI is InChI=1S/C15H10ClF2N5O/c16-13-6-11(23-8-20-21-22-23)3-4-12(13)15(24)19-7-9-1-2-10(17)5-14(9)18/h1-6,8H,7H2,(H,19,24). The zero-order valence-electron chi connectivity index (χ0n) is 12.1. The summed E-state index contributed by atoms with van der Waals surface area (Å²) in [5.74, 6) is -1.88. The van der Waals surface area contributed by atoms with Crippen LogP contribution in [0.5, 0.6) is 0 Å². The number of carbonyl (C=O) groups excluding carboxylic acids is 1. The minimum Gasteiger partial charge on any atom is -0.348 e. The molecule has 0 saturated heterocycles. The third-order valence-electron chi connectivity index (χ3n) is 3.27. The third-order valence-corrected chi connectivity index (χ3v) is 3.58. The molecular weight excluding hydrogens is 340 g/mol. The number of carbonyl (C=O) groups is 1. The summed E-state index contributed by atoms with van der Waals surface area (Å²) in [4.78, 5) is 12.2. The van der Waals surface area contributed by atoms with Gasteiger partial charge >= 0.3 is 0 Å². The molecule has 122 valence electrons. The number of tetrazole rings is 1. The van der Waals surface area contributed by atoms with Crippen molar-refractivity contribution in [2.75, 3.05) is 0 Å². The Kier molecular flexibility index (Phi) is 4.48. The molecule has 0 aliphatic heterocycles. The van der Waals surface area contributed by atoms with Crippen molar-refractivity contribution >= 4 is 17.5 Å². The second-order valence-electron chi connectivity index (χ2n) is 4.84. The molecule has 1 heterocycles. The van der Waals surface area contributed by atoms with Crippen molar-refractivity contribution in [1.82, 2.24) is 25.5 Å². The molecule has 3 aromatic rings. The van der Waals surface area contributed by atoms with Gasteiger partial charge in [-0.1, -0.05) is 17.7 Å². The molecule has 0 saturated carbocycles. The van der Waals surface area contributed by atoms with E-state index in [0.717, 1.165) is 12.1 Å². The summed E-state index contributed by atoms with van der Waals surface area (Å²) < 4.78 is 27.8. The van der Waals surface area contributed by atoms with E-state index in [1.807, 2.05) is 0 Å². The summed E-state index contributed by atoms with van der Waals surface area (Å²) in [6, 6.07) is 7.82. The van der Waals surface area contributed by atoms with Crippen molar-refractivity contribution in [2.24, 2.45) is 0 Å². The molecule has 2 aromatic carbocycles. The summed E-state index contributed by atoms with van der Waals surface area (Å²) in [7, 11) is 0. The van der Waals surface area contributed by atoms with Gasteiger partial charge in [-0.3, -0.25) is 4.79 Å². The SMILES string of the molecule is O=C(NCc1ccc(F)cc1F)c1ccc(-n2cnnn2)cc1Cl. The smallest absolute Gasteiger partial charge is 0.253 e. The third kappa shape index (κ3) is 3.38.